The Morgan fingerprint density at radius 2 is 1.79 bits per heavy atom. The molecule has 3 rings (SSSR count). The third-order valence-corrected chi connectivity index (χ3v) is 4.58. The Kier molecular flexibility index (Phi) is 5.44. The van der Waals surface area contributed by atoms with E-state index in [-0.39, 0.29) is 11.9 Å². The molecule has 7 nitrogen and oxygen atoms in total. The highest BCUT2D eigenvalue weighted by Crippen LogP contribution is 2.38. The highest BCUT2D eigenvalue weighted by Gasteiger charge is 2.37. The van der Waals surface area contributed by atoms with Gasteiger partial charge < -0.3 is 25.0 Å². The molecule has 0 atom stereocenters. The van der Waals surface area contributed by atoms with Crippen molar-refractivity contribution >= 4 is 29.0 Å². The molecule has 28 heavy (non-hydrogen) atoms. The number of methoxy groups -OCH3 is 1. The molecule has 1 heterocycles. The zero-order chi connectivity index (χ0) is 20.3. The fraction of sp³-hybridized carbons (Fsp3) is 0.333. The molecule has 0 aromatic heterocycles. The van der Waals surface area contributed by atoms with Gasteiger partial charge in [0.25, 0.3) is 0 Å². The third kappa shape index (κ3) is 4.03. The second-order valence-corrected chi connectivity index (χ2v) is 7.21. The van der Waals surface area contributed by atoms with Crippen LogP contribution in [0.1, 0.15) is 20.8 Å². The molecule has 0 aliphatic carbocycles. The van der Waals surface area contributed by atoms with Crippen molar-refractivity contribution in [3.05, 3.63) is 42.5 Å². The minimum absolute atomic E-state index is 0.00594. The van der Waals surface area contributed by atoms with Crippen LogP contribution in [0.15, 0.2) is 42.5 Å². The van der Waals surface area contributed by atoms with E-state index in [1.54, 1.807) is 54.5 Å². The molecule has 1 aliphatic rings. The fourth-order valence-corrected chi connectivity index (χ4v) is 3.00. The predicted octanol–water partition coefficient (Wildman–Crippen LogP) is 4.11. The Balaban J connectivity index is 1.77. The van der Waals surface area contributed by atoms with E-state index in [0.29, 0.717) is 41.7 Å². The summed E-state index contributed by atoms with van der Waals surface area (Å²) in [7, 11) is 1.59. The number of benzene rings is 2. The van der Waals surface area contributed by atoms with Crippen molar-refractivity contribution in [1.82, 2.24) is 0 Å². The van der Waals surface area contributed by atoms with Crippen LogP contribution in [0, 0.1) is 5.41 Å². The lowest BCUT2D eigenvalue weighted by Gasteiger charge is -2.27. The number of ether oxygens (including phenoxy) is 2. The zero-order valence-corrected chi connectivity index (χ0v) is 16.5. The van der Waals surface area contributed by atoms with Crippen molar-refractivity contribution in [2.45, 2.75) is 20.8 Å². The minimum atomic E-state index is -0.617. The molecule has 0 radical (unpaired) electrons. The van der Waals surface area contributed by atoms with Crippen LogP contribution >= 0.6 is 0 Å². The second-order valence-electron chi connectivity index (χ2n) is 7.21. The Bertz CT molecular complexity index is 878. The molecule has 2 aromatic carbocycles. The van der Waals surface area contributed by atoms with Gasteiger partial charge in [0.15, 0.2) is 0 Å². The van der Waals surface area contributed by atoms with Gasteiger partial charge in [-0.15, -0.1) is 0 Å². The van der Waals surface area contributed by atoms with Gasteiger partial charge in [-0.05, 0) is 63.2 Å². The molecule has 0 saturated heterocycles. The molecule has 0 spiro atoms. The highest BCUT2D eigenvalue weighted by molar-refractivity contribution is 6.02. The molecule has 0 saturated carbocycles. The Morgan fingerprint density at radius 3 is 2.43 bits per heavy atom. The number of urea groups is 1. The van der Waals surface area contributed by atoms with Crippen LogP contribution in [0.4, 0.5) is 21.9 Å². The van der Waals surface area contributed by atoms with Crippen molar-refractivity contribution in [2.75, 3.05) is 35.8 Å². The molecule has 7 heteroatoms. The topological polar surface area (TPSA) is 79.9 Å². The molecule has 3 amide bonds. The van der Waals surface area contributed by atoms with Crippen LogP contribution in [-0.2, 0) is 4.79 Å². The van der Waals surface area contributed by atoms with E-state index < -0.39 is 5.41 Å². The monoisotopic (exact) mass is 383 g/mol. The lowest BCUT2D eigenvalue weighted by atomic mass is 9.93. The molecular formula is C21H25N3O4. The van der Waals surface area contributed by atoms with Crippen molar-refractivity contribution in [1.29, 1.82) is 0 Å². The molecule has 2 aromatic rings. The van der Waals surface area contributed by atoms with Gasteiger partial charge in [-0.2, -0.15) is 0 Å². The van der Waals surface area contributed by atoms with E-state index in [9.17, 15) is 9.59 Å². The maximum atomic E-state index is 12.8. The van der Waals surface area contributed by atoms with E-state index in [4.69, 9.17) is 9.47 Å². The van der Waals surface area contributed by atoms with Gasteiger partial charge in [0.1, 0.15) is 18.1 Å². The third-order valence-electron chi connectivity index (χ3n) is 4.58. The summed E-state index contributed by atoms with van der Waals surface area (Å²) in [5.74, 6) is 1.33. The van der Waals surface area contributed by atoms with Crippen LogP contribution < -0.4 is 25.0 Å². The van der Waals surface area contributed by atoms with Crippen LogP contribution in [0.5, 0.6) is 11.5 Å². The molecule has 148 valence electrons. The first kappa shape index (κ1) is 19.5. The average molecular weight is 383 g/mol. The number of hydrogen-bond acceptors (Lipinski definition) is 4. The molecule has 0 unspecified atom stereocenters. The van der Waals surface area contributed by atoms with E-state index in [2.05, 4.69) is 10.6 Å². The number of amides is 3. The molecule has 2 N–H and O–H groups in total. The number of carbonyl (C=O) groups is 2. The molecule has 1 aliphatic heterocycles. The van der Waals surface area contributed by atoms with E-state index in [1.165, 1.54) is 0 Å². The van der Waals surface area contributed by atoms with Crippen molar-refractivity contribution in [3.8, 4) is 11.5 Å². The summed E-state index contributed by atoms with van der Waals surface area (Å²) in [6.07, 6.45) is 0. The predicted molar refractivity (Wildman–Crippen MR) is 109 cm³/mol. The van der Waals surface area contributed by atoms with E-state index in [0.717, 1.165) is 0 Å². The van der Waals surface area contributed by atoms with Gasteiger partial charge >= 0.3 is 6.03 Å². The average Bonchev–Trinajstić information content (AvgIpc) is 2.77. The molecule has 0 bridgehead atoms. The van der Waals surface area contributed by atoms with Crippen LogP contribution in [0.2, 0.25) is 0 Å². The van der Waals surface area contributed by atoms with Crippen LogP contribution in [0.25, 0.3) is 0 Å². The fourth-order valence-electron chi connectivity index (χ4n) is 3.00. The number of carbonyl (C=O) groups excluding carboxylic acids is 2. The lowest BCUT2D eigenvalue weighted by molar-refractivity contribution is -0.127. The summed E-state index contributed by atoms with van der Waals surface area (Å²) >= 11 is 0. The summed E-state index contributed by atoms with van der Waals surface area (Å²) in [4.78, 5) is 26.8. The van der Waals surface area contributed by atoms with Gasteiger partial charge in [0.05, 0.1) is 18.2 Å². The zero-order valence-electron chi connectivity index (χ0n) is 16.5. The quantitative estimate of drug-likeness (QED) is 0.833. The summed E-state index contributed by atoms with van der Waals surface area (Å²) in [6, 6.07) is 11.9. The maximum absolute atomic E-state index is 12.8. The minimum Gasteiger partial charge on any atom is -0.497 e. The SMILES string of the molecule is CCN1C(=O)C(C)(C)COc2ccc(NC(=O)Nc3ccc(OC)cc3)cc21. The number of rotatable bonds is 4. The number of nitrogens with zero attached hydrogens (tertiary/aromatic N) is 1. The Labute approximate surface area is 164 Å². The van der Waals surface area contributed by atoms with Crippen LogP contribution in [0.3, 0.4) is 0 Å². The smallest absolute Gasteiger partial charge is 0.323 e. The summed E-state index contributed by atoms with van der Waals surface area (Å²) in [5, 5.41) is 5.56. The normalized spacial score (nSPS) is 15.1. The Hall–Kier alpha value is -3.22. The second kappa shape index (κ2) is 7.80. The van der Waals surface area contributed by atoms with E-state index >= 15 is 0 Å². The summed E-state index contributed by atoms with van der Waals surface area (Å²) in [6.45, 7) is 6.47. The molecular weight excluding hydrogens is 358 g/mol. The van der Waals surface area contributed by atoms with Gasteiger partial charge in [0, 0.05) is 17.9 Å². The largest absolute Gasteiger partial charge is 0.497 e. The van der Waals surface area contributed by atoms with Gasteiger partial charge in [-0.3, -0.25) is 4.79 Å². The van der Waals surface area contributed by atoms with Gasteiger partial charge in [0.2, 0.25) is 5.91 Å². The summed E-state index contributed by atoms with van der Waals surface area (Å²) in [5.41, 5.74) is 1.25. The number of anilines is 3. The van der Waals surface area contributed by atoms with Crippen molar-refractivity contribution < 1.29 is 19.1 Å². The van der Waals surface area contributed by atoms with E-state index in [1.807, 2.05) is 20.8 Å². The van der Waals surface area contributed by atoms with Crippen molar-refractivity contribution in [3.63, 3.8) is 0 Å². The maximum Gasteiger partial charge on any atom is 0.323 e. The number of nitrogens with one attached hydrogen (secondary N) is 2. The number of hydrogen-bond donors (Lipinski definition) is 2. The standard InChI is InChI=1S/C21H25N3O4/c1-5-24-17-12-15(8-11-18(17)28-13-21(2,3)19(24)25)23-20(26)22-14-6-9-16(27-4)10-7-14/h6-12H,5,13H2,1-4H3,(H2,22,23,26). The lowest BCUT2D eigenvalue weighted by Crippen LogP contribution is -2.42. The van der Waals surface area contributed by atoms with Crippen molar-refractivity contribution in [2.24, 2.45) is 5.41 Å². The first-order chi connectivity index (χ1) is 13.3. The van der Waals surface area contributed by atoms with Crippen LogP contribution in [-0.4, -0.2) is 32.2 Å². The first-order valence-electron chi connectivity index (χ1n) is 9.15. The number of fused-ring (bicyclic) bond motifs is 1. The highest BCUT2D eigenvalue weighted by atomic mass is 16.5. The summed E-state index contributed by atoms with van der Waals surface area (Å²) < 4.78 is 10.9. The molecule has 0 fully saturated rings. The van der Waals surface area contributed by atoms with Gasteiger partial charge in [-0.25, -0.2) is 4.79 Å². The Morgan fingerprint density at radius 1 is 1.14 bits per heavy atom. The first-order valence-corrected chi connectivity index (χ1v) is 9.15. The van der Waals surface area contributed by atoms with Gasteiger partial charge in [-0.1, -0.05) is 0 Å².